The van der Waals surface area contributed by atoms with Crippen LogP contribution in [0.4, 0.5) is 26.9 Å². The van der Waals surface area contributed by atoms with Crippen LogP contribution in [0.3, 0.4) is 0 Å². The van der Waals surface area contributed by atoms with Gasteiger partial charge in [0, 0.05) is 0 Å². The Kier molecular flexibility index (Phi) is 4.52. The Hall–Kier alpha value is -1.94. The SMILES string of the molecule is O=S(F)(F)=Nc1ccc(-c2ccc(N=S(=O)(F)F)cc2)cc1. The lowest BCUT2D eigenvalue weighted by Gasteiger charge is -2.02. The molecule has 0 aromatic heterocycles. The second kappa shape index (κ2) is 6.05. The van der Waals surface area contributed by atoms with Gasteiger partial charge < -0.3 is 0 Å². The number of nitrogens with zero attached hydrogens (tertiary/aromatic N) is 2. The van der Waals surface area contributed by atoms with Crippen LogP contribution < -0.4 is 0 Å². The van der Waals surface area contributed by atoms with E-state index in [0.29, 0.717) is 11.1 Å². The molecule has 0 heterocycles. The molecule has 0 aliphatic carbocycles. The lowest BCUT2D eigenvalue weighted by Crippen LogP contribution is -1.79. The molecule has 0 spiro atoms. The first-order valence-corrected chi connectivity index (χ1v) is 8.29. The fraction of sp³-hybridized carbons (Fsp3) is 0. The van der Waals surface area contributed by atoms with E-state index in [1.54, 1.807) is 0 Å². The van der Waals surface area contributed by atoms with E-state index in [9.17, 15) is 24.0 Å². The van der Waals surface area contributed by atoms with Crippen LogP contribution in [0.15, 0.2) is 57.3 Å². The Labute approximate surface area is 125 Å². The number of halogens is 4. The highest BCUT2D eigenvalue weighted by molar-refractivity contribution is 7.83. The average Bonchev–Trinajstić information content (AvgIpc) is 2.37. The van der Waals surface area contributed by atoms with Crippen LogP contribution in [0, 0.1) is 0 Å². The van der Waals surface area contributed by atoms with E-state index in [4.69, 9.17) is 0 Å². The van der Waals surface area contributed by atoms with Gasteiger partial charge in [-0.3, -0.25) is 0 Å². The number of benzene rings is 2. The third-order valence-corrected chi connectivity index (χ3v) is 3.34. The van der Waals surface area contributed by atoms with Crippen molar-refractivity contribution in [1.29, 1.82) is 0 Å². The Morgan fingerprint density at radius 2 is 0.864 bits per heavy atom. The van der Waals surface area contributed by atoms with Crippen LogP contribution in [0.1, 0.15) is 0 Å². The number of hydrogen-bond donors (Lipinski definition) is 0. The first-order chi connectivity index (χ1) is 10.1. The second-order valence-corrected chi connectivity index (χ2v) is 6.02. The first kappa shape index (κ1) is 16.4. The van der Waals surface area contributed by atoms with Gasteiger partial charge in [-0.1, -0.05) is 39.8 Å². The van der Waals surface area contributed by atoms with Crippen LogP contribution in [-0.4, -0.2) is 8.42 Å². The molecule has 0 fully saturated rings. The molecule has 22 heavy (non-hydrogen) atoms. The third-order valence-electron chi connectivity index (χ3n) is 2.49. The molecule has 118 valence electrons. The van der Waals surface area contributed by atoms with E-state index >= 15 is 0 Å². The molecule has 0 saturated heterocycles. The normalized spacial score (nSPS) is 12.0. The van der Waals surface area contributed by atoms with Crippen molar-refractivity contribution in [2.24, 2.45) is 8.73 Å². The summed E-state index contributed by atoms with van der Waals surface area (Å²) >= 11 is 0. The molecular formula is C12H8F4N2O2S2. The Balaban J connectivity index is 2.30. The van der Waals surface area contributed by atoms with Crippen molar-refractivity contribution in [3.8, 4) is 11.1 Å². The predicted octanol–water partition coefficient (Wildman–Crippen LogP) is 5.09. The molecule has 0 atom stereocenters. The molecule has 0 saturated carbocycles. The topological polar surface area (TPSA) is 58.9 Å². The van der Waals surface area contributed by atoms with E-state index in [2.05, 4.69) is 8.73 Å². The smallest absolute Gasteiger partial charge is 0.180 e. The fourth-order valence-corrected chi connectivity index (χ4v) is 2.41. The average molecular weight is 352 g/mol. The summed E-state index contributed by atoms with van der Waals surface area (Å²) in [4.78, 5) is 0. The highest BCUT2D eigenvalue weighted by Crippen LogP contribution is 2.26. The lowest BCUT2D eigenvalue weighted by atomic mass is 10.1. The van der Waals surface area contributed by atoms with Gasteiger partial charge in [0.15, 0.2) is 0 Å². The van der Waals surface area contributed by atoms with E-state index in [1.165, 1.54) is 48.5 Å². The summed E-state index contributed by atoms with van der Waals surface area (Å²) in [6, 6.07) is 10.9. The summed E-state index contributed by atoms with van der Waals surface area (Å²) in [5.41, 5.74) is 0.937. The molecular weight excluding hydrogens is 344 g/mol. The van der Waals surface area contributed by atoms with Crippen molar-refractivity contribution in [3.63, 3.8) is 0 Å². The van der Waals surface area contributed by atoms with Crippen LogP contribution in [0.2, 0.25) is 0 Å². The largest absolute Gasteiger partial charge is 0.371 e. The molecule has 0 aliphatic heterocycles. The third kappa shape index (κ3) is 5.11. The monoisotopic (exact) mass is 352 g/mol. The quantitative estimate of drug-likeness (QED) is 0.570. The molecule has 2 aromatic carbocycles. The summed E-state index contributed by atoms with van der Waals surface area (Å²) < 4.78 is 75.1. The first-order valence-electron chi connectivity index (χ1n) is 5.66. The summed E-state index contributed by atoms with van der Waals surface area (Å²) in [6.45, 7) is 0. The van der Waals surface area contributed by atoms with Gasteiger partial charge >= 0.3 is 21.0 Å². The molecule has 0 radical (unpaired) electrons. The van der Waals surface area contributed by atoms with Gasteiger partial charge in [-0.2, -0.15) is 8.42 Å². The zero-order valence-electron chi connectivity index (χ0n) is 10.7. The van der Waals surface area contributed by atoms with Gasteiger partial charge in [-0.15, -0.1) is 8.73 Å². The van der Waals surface area contributed by atoms with Crippen molar-refractivity contribution in [2.45, 2.75) is 0 Å². The molecule has 0 aliphatic rings. The van der Waals surface area contributed by atoms with E-state index in [1.807, 2.05) is 0 Å². The number of rotatable bonds is 3. The second-order valence-electron chi connectivity index (χ2n) is 4.07. The molecule has 2 aromatic rings. The Bertz CT molecular complexity index is 818. The minimum absolute atomic E-state index is 0.139. The lowest BCUT2D eigenvalue weighted by molar-refractivity contribution is 0.586. The molecule has 0 bridgehead atoms. The Morgan fingerprint density at radius 1 is 0.591 bits per heavy atom. The zero-order valence-corrected chi connectivity index (χ0v) is 12.3. The molecule has 10 heteroatoms. The van der Waals surface area contributed by atoms with E-state index in [0.717, 1.165) is 0 Å². The summed E-state index contributed by atoms with van der Waals surface area (Å²) in [5, 5.41) is 0. The highest BCUT2D eigenvalue weighted by Gasteiger charge is 2.04. The summed E-state index contributed by atoms with van der Waals surface area (Å²) in [5.74, 6) is 0. The maximum Gasteiger partial charge on any atom is 0.371 e. The maximum absolute atomic E-state index is 12.3. The van der Waals surface area contributed by atoms with Crippen LogP contribution in [0.25, 0.3) is 11.1 Å². The van der Waals surface area contributed by atoms with Crippen molar-refractivity contribution < 1.29 is 24.0 Å². The molecule has 0 N–H and O–H groups in total. The minimum Gasteiger partial charge on any atom is -0.180 e. The molecule has 0 amide bonds. The zero-order chi connectivity index (χ0) is 16.4. The van der Waals surface area contributed by atoms with E-state index < -0.39 is 21.0 Å². The maximum atomic E-state index is 12.3. The van der Waals surface area contributed by atoms with Crippen molar-refractivity contribution in [3.05, 3.63) is 48.5 Å². The minimum atomic E-state index is -5.21. The fourth-order valence-electron chi connectivity index (χ4n) is 1.67. The van der Waals surface area contributed by atoms with Gasteiger partial charge in [-0.25, -0.2) is 0 Å². The van der Waals surface area contributed by atoms with Gasteiger partial charge in [0.1, 0.15) is 0 Å². The van der Waals surface area contributed by atoms with Crippen molar-refractivity contribution in [2.75, 3.05) is 0 Å². The summed E-state index contributed by atoms with van der Waals surface area (Å²) in [6.07, 6.45) is 0. The standard InChI is InChI=1S/C12H8F4N2O2S2/c13-21(14,19)17-11-5-1-9(2-6-11)10-3-7-12(8-4-10)18-22(15,16)20/h1-8H. The molecule has 4 nitrogen and oxygen atoms in total. The highest BCUT2D eigenvalue weighted by atomic mass is 32.3. The van der Waals surface area contributed by atoms with Crippen LogP contribution in [-0.2, 0) is 21.0 Å². The van der Waals surface area contributed by atoms with Gasteiger partial charge in [0.05, 0.1) is 11.4 Å². The molecule has 2 rings (SSSR count). The predicted molar refractivity (Wildman–Crippen MR) is 76.8 cm³/mol. The Morgan fingerprint density at radius 3 is 1.09 bits per heavy atom. The van der Waals surface area contributed by atoms with Gasteiger partial charge in [0.2, 0.25) is 0 Å². The van der Waals surface area contributed by atoms with E-state index in [-0.39, 0.29) is 11.4 Å². The number of hydrogen-bond acceptors (Lipinski definition) is 4. The van der Waals surface area contributed by atoms with Crippen molar-refractivity contribution >= 4 is 32.4 Å². The van der Waals surface area contributed by atoms with Crippen LogP contribution in [0.5, 0.6) is 0 Å². The van der Waals surface area contributed by atoms with Gasteiger partial charge in [-0.05, 0) is 35.4 Å². The van der Waals surface area contributed by atoms with Crippen molar-refractivity contribution in [1.82, 2.24) is 0 Å². The molecule has 0 unspecified atom stereocenters. The van der Waals surface area contributed by atoms with Gasteiger partial charge in [0.25, 0.3) is 0 Å². The van der Waals surface area contributed by atoms with Crippen LogP contribution >= 0.6 is 0 Å². The summed E-state index contributed by atoms with van der Waals surface area (Å²) in [7, 11) is -10.4.